The number of halogens is 1. The Labute approximate surface area is 246 Å². The number of carboxylic acid groups (broad SMARTS) is 1. The zero-order chi connectivity index (χ0) is 30.2. The van der Waals surface area contributed by atoms with Crippen LogP contribution in [0.3, 0.4) is 0 Å². The van der Waals surface area contributed by atoms with Crippen molar-refractivity contribution >= 4 is 47.1 Å². The molecule has 2 fully saturated rings. The van der Waals surface area contributed by atoms with Crippen LogP contribution in [-0.4, -0.2) is 87.4 Å². The van der Waals surface area contributed by atoms with E-state index in [0.717, 1.165) is 15.0 Å². The van der Waals surface area contributed by atoms with Gasteiger partial charge in [0.05, 0.1) is 19.6 Å². The van der Waals surface area contributed by atoms with Gasteiger partial charge in [-0.3, -0.25) is 29.4 Å². The molecule has 2 aromatic carbocycles. The van der Waals surface area contributed by atoms with Crippen molar-refractivity contribution in [2.45, 2.75) is 44.4 Å². The van der Waals surface area contributed by atoms with Gasteiger partial charge in [-0.15, -0.1) is 0 Å². The van der Waals surface area contributed by atoms with E-state index in [4.69, 9.17) is 16.3 Å². The summed E-state index contributed by atoms with van der Waals surface area (Å²) in [6.45, 7) is -0.463. The third-order valence-corrected chi connectivity index (χ3v) is 7.15. The number of carbonyl (C=O) groups is 6. The number of fused-ring (bicyclic) bond motifs is 1. The largest absolute Gasteiger partial charge is 0.481 e. The van der Waals surface area contributed by atoms with Crippen LogP contribution in [0.15, 0.2) is 54.6 Å². The molecule has 0 radical (unpaired) electrons. The first-order valence-electron chi connectivity index (χ1n) is 13.3. The van der Waals surface area contributed by atoms with E-state index in [2.05, 4.69) is 10.7 Å². The molecule has 2 heterocycles. The number of nitrogens with zero attached hydrogens (tertiary/aromatic N) is 3. The molecule has 0 aliphatic carbocycles. The Balaban J connectivity index is 1.46. The lowest BCUT2D eigenvalue weighted by atomic mass is 10.0. The number of aliphatic carboxylic acids is 1. The molecule has 222 valence electrons. The van der Waals surface area contributed by atoms with Gasteiger partial charge in [-0.05, 0) is 36.6 Å². The standard InChI is InChI=1S/C28H30ClN5O8/c29-20-10-5-4-9-19(20)16-42-17-23(35)21(15-25(37)38)30-27(40)22-11-6-13-33-24(36)12-14-32(28(41)34(22)33)31-26(39)18-7-2-1-3-8-18/h1-5,7-10,21-22H,6,11-17H2,(H,30,40)(H,31,39)(H,37,38)/t21-,22-/m0/s1. The molecule has 2 aliphatic rings. The fourth-order valence-corrected chi connectivity index (χ4v) is 4.85. The van der Waals surface area contributed by atoms with Gasteiger partial charge < -0.3 is 15.2 Å². The summed E-state index contributed by atoms with van der Waals surface area (Å²) in [6.07, 6.45) is -0.307. The van der Waals surface area contributed by atoms with Gasteiger partial charge in [0.2, 0.25) is 11.8 Å². The lowest BCUT2D eigenvalue weighted by molar-refractivity contribution is -0.155. The van der Waals surface area contributed by atoms with Gasteiger partial charge in [-0.2, -0.15) is 0 Å². The highest BCUT2D eigenvalue weighted by Gasteiger charge is 2.44. The van der Waals surface area contributed by atoms with Crippen LogP contribution in [-0.2, 0) is 30.5 Å². The molecule has 2 atom stereocenters. The van der Waals surface area contributed by atoms with E-state index in [1.54, 1.807) is 54.6 Å². The van der Waals surface area contributed by atoms with Gasteiger partial charge in [0, 0.05) is 23.6 Å². The lowest BCUT2D eigenvalue weighted by Crippen LogP contribution is -2.65. The van der Waals surface area contributed by atoms with E-state index >= 15 is 0 Å². The maximum absolute atomic E-state index is 13.6. The molecule has 2 saturated heterocycles. The van der Waals surface area contributed by atoms with Crippen molar-refractivity contribution in [2.75, 3.05) is 19.7 Å². The van der Waals surface area contributed by atoms with E-state index < -0.39 is 60.6 Å². The van der Waals surface area contributed by atoms with Crippen LogP contribution in [0.2, 0.25) is 5.02 Å². The van der Waals surface area contributed by atoms with Crippen LogP contribution in [0.25, 0.3) is 0 Å². The third kappa shape index (κ3) is 7.42. The molecule has 0 spiro atoms. The van der Waals surface area contributed by atoms with Crippen molar-refractivity contribution in [1.29, 1.82) is 0 Å². The summed E-state index contributed by atoms with van der Waals surface area (Å²) in [4.78, 5) is 77.1. The molecule has 13 nitrogen and oxygen atoms in total. The normalized spacial score (nSPS) is 17.6. The molecule has 5 amide bonds. The number of ether oxygens (including phenoxy) is 1. The summed E-state index contributed by atoms with van der Waals surface area (Å²) in [5.41, 5.74) is 3.41. The van der Waals surface area contributed by atoms with Crippen molar-refractivity contribution in [3.05, 3.63) is 70.7 Å². The molecule has 14 heteroatoms. The minimum absolute atomic E-state index is 0.00827. The summed E-state index contributed by atoms with van der Waals surface area (Å²) in [7, 11) is 0. The summed E-state index contributed by atoms with van der Waals surface area (Å²) in [6, 6.07) is 11.5. The van der Waals surface area contributed by atoms with E-state index in [9.17, 15) is 33.9 Å². The number of rotatable bonds is 11. The topological polar surface area (TPSA) is 166 Å². The van der Waals surface area contributed by atoms with Gasteiger partial charge in [0.15, 0.2) is 5.78 Å². The van der Waals surface area contributed by atoms with E-state index in [-0.39, 0.29) is 38.1 Å². The number of amides is 5. The van der Waals surface area contributed by atoms with E-state index in [1.807, 2.05) is 0 Å². The number of Topliss-reactive ketones (excluding diaryl/α,β-unsaturated/α-hetero) is 1. The van der Waals surface area contributed by atoms with Crippen LogP contribution < -0.4 is 10.7 Å². The molecule has 2 aliphatic heterocycles. The van der Waals surface area contributed by atoms with Crippen LogP contribution in [0, 0.1) is 0 Å². The van der Waals surface area contributed by atoms with Crippen molar-refractivity contribution in [3.63, 3.8) is 0 Å². The molecule has 0 bridgehead atoms. The first-order chi connectivity index (χ1) is 20.2. The van der Waals surface area contributed by atoms with E-state index in [1.165, 1.54) is 0 Å². The second kappa shape index (κ2) is 13.9. The summed E-state index contributed by atoms with van der Waals surface area (Å²) in [5, 5.41) is 15.4. The number of benzene rings is 2. The monoisotopic (exact) mass is 599 g/mol. The fraction of sp³-hybridized carbons (Fsp3) is 0.357. The predicted octanol–water partition coefficient (Wildman–Crippen LogP) is 1.76. The zero-order valence-electron chi connectivity index (χ0n) is 22.5. The maximum Gasteiger partial charge on any atom is 0.358 e. The van der Waals surface area contributed by atoms with Crippen LogP contribution in [0.1, 0.15) is 41.6 Å². The van der Waals surface area contributed by atoms with Gasteiger partial charge >= 0.3 is 12.0 Å². The Kier molecular flexibility index (Phi) is 10.1. The average Bonchev–Trinajstić information content (AvgIpc) is 3.10. The van der Waals surface area contributed by atoms with Crippen molar-refractivity contribution in [3.8, 4) is 0 Å². The number of urea groups is 1. The van der Waals surface area contributed by atoms with Crippen molar-refractivity contribution < 1.29 is 38.6 Å². The lowest BCUT2D eigenvalue weighted by Gasteiger charge is -2.43. The van der Waals surface area contributed by atoms with Gasteiger partial charge in [0.25, 0.3) is 5.91 Å². The smallest absolute Gasteiger partial charge is 0.358 e. The molecular formula is C28H30ClN5O8. The van der Waals surface area contributed by atoms with Gasteiger partial charge in [0.1, 0.15) is 18.7 Å². The quantitative estimate of drug-likeness (QED) is 0.351. The van der Waals surface area contributed by atoms with Gasteiger partial charge in [-0.25, -0.2) is 19.8 Å². The number of carboxylic acids is 1. The summed E-state index contributed by atoms with van der Waals surface area (Å²) < 4.78 is 5.43. The van der Waals surface area contributed by atoms with Crippen LogP contribution in [0.4, 0.5) is 4.79 Å². The third-order valence-electron chi connectivity index (χ3n) is 6.79. The minimum Gasteiger partial charge on any atom is -0.481 e. The maximum atomic E-state index is 13.6. The number of ketones is 1. The Hall–Kier alpha value is -4.49. The molecule has 42 heavy (non-hydrogen) atoms. The van der Waals surface area contributed by atoms with Crippen molar-refractivity contribution in [1.82, 2.24) is 25.8 Å². The number of hydrogen-bond acceptors (Lipinski definition) is 7. The van der Waals surface area contributed by atoms with Crippen molar-refractivity contribution in [2.24, 2.45) is 0 Å². The molecular weight excluding hydrogens is 570 g/mol. The first kappa shape index (κ1) is 30.5. The SMILES string of the molecule is O=C(O)C[C@H](NC(=O)[C@@H]1CCCN2C(=O)CCN(NC(=O)c3ccccc3)C(=O)N12)C(=O)COCc1ccccc1Cl. The molecule has 2 aromatic rings. The highest BCUT2D eigenvalue weighted by molar-refractivity contribution is 6.31. The Morgan fingerprint density at radius 1 is 1.02 bits per heavy atom. The fourth-order valence-electron chi connectivity index (χ4n) is 4.66. The number of carbonyl (C=O) groups excluding carboxylic acids is 5. The molecule has 0 aromatic heterocycles. The predicted molar refractivity (Wildman–Crippen MR) is 147 cm³/mol. The zero-order valence-corrected chi connectivity index (χ0v) is 23.3. The number of nitrogens with one attached hydrogen (secondary N) is 2. The Morgan fingerprint density at radius 2 is 1.74 bits per heavy atom. The summed E-state index contributed by atoms with van der Waals surface area (Å²) >= 11 is 6.10. The summed E-state index contributed by atoms with van der Waals surface area (Å²) in [5.74, 6) is -3.85. The average molecular weight is 600 g/mol. The first-order valence-corrected chi connectivity index (χ1v) is 13.7. The van der Waals surface area contributed by atoms with Gasteiger partial charge in [-0.1, -0.05) is 48.0 Å². The van der Waals surface area contributed by atoms with E-state index in [0.29, 0.717) is 17.0 Å². The molecule has 0 saturated carbocycles. The molecule has 4 rings (SSSR count). The highest BCUT2D eigenvalue weighted by Crippen LogP contribution is 2.24. The number of hydrogen-bond donors (Lipinski definition) is 3. The molecule has 0 unspecified atom stereocenters. The van der Waals surface area contributed by atoms with Crippen LogP contribution >= 0.6 is 11.6 Å². The second-order valence-electron chi connectivity index (χ2n) is 9.72. The van der Waals surface area contributed by atoms with Crippen LogP contribution in [0.5, 0.6) is 0 Å². The molecule has 3 N–H and O–H groups in total. The number of hydrazine groups is 2. The Morgan fingerprint density at radius 3 is 2.45 bits per heavy atom. The second-order valence-corrected chi connectivity index (χ2v) is 10.1. The Bertz CT molecular complexity index is 1360. The minimum atomic E-state index is -1.46. The highest BCUT2D eigenvalue weighted by atomic mass is 35.5.